The van der Waals surface area contributed by atoms with Gasteiger partial charge in [0.2, 0.25) is 5.41 Å². The van der Waals surface area contributed by atoms with Crippen molar-refractivity contribution in [3.05, 3.63) is 107 Å². The van der Waals surface area contributed by atoms with Crippen molar-refractivity contribution in [2.45, 2.75) is 65.7 Å². The lowest BCUT2D eigenvalue weighted by molar-refractivity contribution is -0.399. The van der Waals surface area contributed by atoms with Crippen molar-refractivity contribution >= 4 is 11.4 Å². The van der Waals surface area contributed by atoms with Gasteiger partial charge in [0.1, 0.15) is 23.0 Å². The Morgan fingerprint density at radius 2 is 0.587 bits per heavy atom. The number of alkyl halides is 24. The summed E-state index contributed by atoms with van der Waals surface area (Å²) in [6, 6.07) is 1.15. The summed E-state index contributed by atoms with van der Waals surface area (Å²) in [6.45, 7) is 0. The third kappa shape index (κ3) is 8.00. The second kappa shape index (κ2) is 15.3. The van der Waals surface area contributed by atoms with E-state index in [2.05, 4.69) is 0 Å². The predicted octanol–water partition coefficient (Wildman–Crippen LogP) is 13.7. The Kier molecular flexibility index (Phi) is 12.1. The van der Waals surface area contributed by atoms with Crippen LogP contribution in [0, 0.1) is 0 Å². The Bertz CT molecular complexity index is 2120. The van der Waals surface area contributed by atoms with Gasteiger partial charge in [-0.2, -0.15) is 105 Å². The molecular formula is C35H18F24N2O2. The van der Waals surface area contributed by atoms with Crippen molar-refractivity contribution < 1.29 is 115 Å². The first kappa shape index (κ1) is 50.0. The summed E-state index contributed by atoms with van der Waals surface area (Å²) in [4.78, 5) is 0. The Morgan fingerprint density at radius 1 is 0.317 bits per heavy atom. The maximum atomic E-state index is 14.9. The van der Waals surface area contributed by atoms with E-state index in [1.165, 1.54) is 0 Å². The summed E-state index contributed by atoms with van der Waals surface area (Å²) >= 11 is 0. The first-order valence-corrected chi connectivity index (χ1v) is 16.0. The van der Waals surface area contributed by atoms with Crippen LogP contribution in [0.25, 0.3) is 0 Å². The highest BCUT2D eigenvalue weighted by atomic mass is 19.4. The quantitative estimate of drug-likeness (QED) is 0.110. The van der Waals surface area contributed by atoms with Gasteiger partial charge in [0, 0.05) is 11.4 Å². The molecule has 0 aromatic heterocycles. The van der Waals surface area contributed by atoms with E-state index in [0.717, 1.165) is 0 Å². The fourth-order valence-electron chi connectivity index (χ4n) is 5.63. The first-order chi connectivity index (χ1) is 28.1. The average molecular weight is 954 g/mol. The lowest BCUT2D eigenvalue weighted by Crippen LogP contribution is -2.59. The lowest BCUT2D eigenvalue weighted by Gasteiger charge is -2.38. The zero-order valence-corrected chi connectivity index (χ0v) is 29.6. The van der Waals surface area contributed by atoms with Crippen LogP contribution < -0.4 is 20.9 Å². The second-order valence-corrected chi connectivity index (χ2v) is 13.0. The molecule has 0 spiro atoms. The van der Waals surface area contributed by atoms with Crippen LogP contribution in [0.1, 0.15) is 22.3 Å². The minimum Gasteiger partial charge on any atom is -0.457 e. The van der Waals surface area contributed by atoms with Gasteiger partial charge in [0.15, 0.2) is 0 Å². The van der Waals surface area contributed by atoms with E-state index in [1.54, 1.807) is 0 Å². The second-order valence-electron chi connectivity index (χ2n) is 13.0. The molecule has 63 heavy (non-hydrogen) atoms. The Morgan fingerprint density at radius 3 is 0.825 bits per heavy atom. The molecule has 4 nitrogen and oxygen atoms in total. The molecule has 28 heteroatoms. The van der Waals surface area contributed by atoms with Gasteiger partial charge in [0.25, 0.3) is 0 Å². The van der Waals surface area contributed by atoms with Gasteiger partial charge in [-0.3, -0.25) is 0 Å². The molecule has 0 heterocycles. The predicted molar refractivity (Wildman–Crippen MR) is 167 cm³/mol. The first-order valence-electron chi connectivity index (χ1n) is 16.0. The molecule has 0 radical (unpaired) electrons. The Hall–Kier alpha value is -5.60. The molecule has 0 unspecified atom stereocenters. The summed E-state index contributed by atoms with van der Waals surface area (Å²) in [5, 5.41) is 0. The highest BCUT2D eigenvalue weighted by molar-refractivity contribution is 5.54. The van der Waals surface area contributed by atoms with Crippen molar-refractivity contribution in [2.75, 3.05) is 11.5 Å². The van der Waals surface area contributed by atoms with E-state index in [0.29, 0.717) is 12.1 Å². The van der Waals surface area contributed by atoms with Crippen molar-refractivity contribution in [3.63, 3.8) is 0 Å². The number of rotatable bonds is 12. The monoisotopic (exact) mass is 954 g/mol. The molecule has 0 amide bonds. The fraction of sp³-hybridized carbons (Fsp3) is 0.314. The molecule has 348 valence electrons. The highest BCUT2D eigenvalue weighted by Crippen LogP contribution is 2.61. The van der Waals surface area contributed by atoms with Gasteiger partial charge < -0.3 is 20.9 Å². The number of benzene rings is 4. The summed E-state index contributed by atoms with van der Waals surface area (Å²) in [6.07, 6.45) is -27.5. The molecule has 0 aliphatic rings. The van der Waals surface area contributed by atoms with Crippen molar-refractivity contribution in [2.24, 2.45) is 0 Å². The third-order valence-corrected chi connectivity index (χ3v) is 8.85. The summed E-state index contributed by atoms with van der Waals surface area (Å²) in [5.41, 5.74) is -5.40. The smallest absolute Gasteiger partial charge is 0.457 e. The molecule has 0 saturated heterocycles. The summed E-state index contributed by atoms with van der Waals surface area (Å²) in [5.74, 6) is -48.2. The Labute approximate surface area is 333 Å². The summed E-state index contributed by atoms with van der Waals surface area (Å²) < 4.78 is 345. The van der Waals surface area contributed by atoms with E-state index in [4.69, 9.17) is 20.9 Å². The number of halogens is 24. The average Bonchev–Trinajstić information content (AvgIpc) is 3.12. The summed E-state index contributed by atoms with van der Waals surface area (Å²) in [7, 11) is 0. The van der Waals surface area contributed by atoms with Gasteiger partial charge in [0.05, 0.1) is 11.1 Å². The van der Waals surface area contributed by atoms with Crippen LogP contribution in [-0.2, 0) is 17.3 Å². The topological polar surface area (TPSA) is 70.5 Å². The lowest BCUT2D eigenvalue weighted by atomic mass is 9.73. The molecule has 0 fully saturated rings. The van der Waals surface area contributed by atoms with Gasteiger partial charge in [-0.05, 0) is 71.8 Å². The van der Waals surface area contributed by atoms with Crippen LogP contribution in [0.15, 0.2) is 84.9 Å². The van der Waals surface area contributed by atoms with Crippen LogP contribution in [0.4, 0.5) is 117 Å². The molecule has 4 N–H and O–H groups in total. The fourth-order valence-corrected chi connectivity index (χ4v) is 5.63. The van der Waals surface area contributed by atoms with Gasteiger partial charge in [-0.25, -0.2) is 0 Å². The number of nitrogens with two attached hydrogens (primary N) is 2. The van der Waals surface area contributed by atoms with Crippen molar-refractivity contribution in [1.82, 2.24) is 0 Å². The van der Waals surface area contributed by atoms with Crippen LogP contribution in [0.5, 0.6) is 23.0 Å². The van der Waals surface area contributed by atoms with Crippen LogP contribution in [-0.4, -0.2) is 48.4 Å². The minimum atomic E-state index is -7.43. The molecule has 4 aromatic rings. The van der Waals surface area contributed by atoms with E-state index in [9.17, 15) is 105 Å². The standard InChI is InChI=1S/C35H18F24N2O2/c36-26(37,28(40,41)30(44,45)34(54,55)56)21-13-17(60)5-11-23(21)62-19-7-1-15(2-8-19)25(32(48,49)50,33(51,52)53)16-3-9-20(10-4-16)63-24-12-6-18(61)14-22(24)27(38,39)29(42,43)31(46,47)35(57,58)59/h1-14H,60-61H2. The molecule has 0 aliphatic heterocycles. The molecule has 0 aliphatic carbocycles. The number of anilines is 2. The van der Waals surface area contributed by atoms with Crippen molar-refractivity contribution in [3.8, 4) is 23.0 Å². The molecule has 4 rings (SSSR count). The zero-order valence-electron chi connectivity index (χ0n) is 29.6. The van der Waals surface area contributed by atoms with E-state index in [-0.39, 0.29) is 72.8 Å². The van der Waals surface area contributed by atoms with Crippen molar-refractivity contribution in [1.29, 1.82) is 0 Å². The Balaban J connectivity index is 1.79. The van der Waals surface area contributed by atoms with Gasteiger partial charge in [-0.1, -0.05) is 24.3 Å². The maximum Gasteiger partial charge on any atom is 0.460 e. The van der Waals surface area contributed by atoms with E-state index >= 15 is 0 Å². The molecule has 0 saturated carbocycles. The highest BCUT2D eigenvalue weighted by Gasteiger charge is 2.83. The molecule has 0 bridgehead atoms. The number of hydrogen-bond acceptors (Lipinski definition) is 4. The molecular weight excluding hydrogens is 936 g/mol. The van der Waals surface area contributed by atoms with Crippen LogP contribution in [0.2, 0.25) is 0 Å². The minimum absolute atomic E-state index is 0.0676. The van der Waals surface area contributed by atoms with E-state index < -0.39 is 122 Å². The number of hydrogen-bond donors (Lipinski definition) is 2. The van der Waals surface area contributed by atoms with Gasteiger partial charge in [-0.15, -0.1) is 0 Å². The maximum absolute atomic E-state index is 14.9. The zero-order chi connectivity index (χ0) is 48.6. The number of nitrogen functional groups attached to an aromatic ring is 2. The van der Waals surface area contributed by atoms with Crippen LogP contribution in [0.3, 0.4) is 0 Å². The van der Waals surface area contributed by atoms with Gasteiger partial charge >= 0.3 is 60.2 Å². The van der Waals surface area contributed by atoms with Crippen LogP contribution >= 0.6 is 0 Å². The molecule has 4 aromatic carbocycles. The third-order valence-electron chi connectivity index (χ3n) is 8.85. The van der Waals surface area contributed by atoms with E-state index in [1.807, 2.05) is 0 Å². The normalized spacial score (nSPS) is 14.5. The molecule has 0 atom stereocenters. The number of ether oxygens (including phenoxy) is 2. The SMILES string of the molecule is Nc1ccc(Oc2ccc(C(c3ccc(Oc4ccc(N)cc4C(F)(F)C(F)(F)C(F)(F)C(F)(F)F)cc3)(C(F)(F)F)C(F)(F)F)cc2)c(C(F)(F)C(F)(F)C(F)(F)C(F)(F)F)c1. The largest absolute Gasteiger partial charge is 0.460 e.